The summed E-state index contributed by atoms with van der Waals surface area (Å²) in [6.07, 6.45) is 9.65. The van der Waals surface area contributed by atoms with Crippen LogP contribution in [-0.2, 0) is 6.54 Å². The molecule has 5 nitrogen and oxygen atoms in total. The molecule has 0 atom stereocenters. The zero-order chi connectivity index (χ0) is 18.4. The first-order valence-corrected chi connectivity index (χ1v) is 10.3. The van der Waals surface area contributed by atoms with Gasteiger partial charge in [0.1, 0.15) is 5.82 Å². The second-order valence-electron chi connectivity index (χ2n) is 8.22. The van der Waals surface area contributed by atoms with Crippen LogP contribution in [0.15, 0.2) is 23.3 Å². The number of rotatable bonds is 4. The van der Waals surface area contributed by atoms with Crippen LogP contribution in [0.5, 0.6) is 0 Å². The molecule has 1 aliphatic carbocycles. The molecular formula is C21H36IN5. The van der Waals surface area contributed by atoms with E-state index >= 15 is 0 Å². The van der Waals surface area contributed by atoms with Crippen molar-refractivity contribution in [1.29, 1.82) is 0 Å². The predicted octanol–water partition coefficient (Wildman–Crippen LogP) is 4.18. The van der Waals surface area contributed by atoms with Crippen LogP contribution in [-0.4, -0.2) is 37.1 Å². The lowest BCUT2D eigenvalue weighted by Crippen LogP contribution is -2.44. The van der Waals surface area contributed by atoms with Crippen molar-refractivity contribution >= 4 is 35.8 Å². The molecule has 1 aromatic rings. The molecule has 2 heterocycles. The van der Waals surface area contributed by atoms with Crippen molar-refractivity contribution in [2.24, 2.45) is 16.8 Å². The molecule has 2 fully saturated rings. The Morgan fingerprint density at radius 2 is 1.74 bits per heavy atom. The van der Waals surface area contributed by atoms with Crippen molar-refractivity contribution in [3.8, 4) is 0 Å². The van der Waals surface area contributed by atoms with Crippen LogP contribution in [0.4, 0.5) is 5.82 Å². The third kappa shape index (κ3) is 6.80. The Bertz CT molecular complexity index is 573. The number of hydrogen-bond acceptors (Lipinski definition) is 3. The molecule has 6 heteroatoms. The van der Waals surface area contributed by atoms with E-state index in [4.69, 9.17) is 0 Å². The lowest BCUT2D eigenvalue weighted by atomic mass is 9.87. The van der Waals surface area contributed by atoms with E-state index in [9.17, 15) is 0 Å². The molecule has 27 heavy (non-hydrogen) atoms. The number of nitrogens with zero attached hydrogens (tertiary/aromatic N) is 3. The van der Waals surface area contributed by atoms with Gasteiger partial charge in [-0.25, -0.2) is 4.98 Å². The summed E-state index contributed by atoms with van der Waals surface area (Å²) >= 11 is 0. The zero-order valence-corrected chi connectivity index (χ0v) is 19.4. The largest absolute Gasteiger partial charge is 0.357 e. The number of guanidine groups is 1. The van der Waals surface area contributed by atoms with E-state index in [-0.39, 0.29) is 24.0 Å². The lowest BCUT2D eigenvalue weighted by Gasteiger charge is -2.31. The number of aromatic nitrogens is 1. The maximum absolute atomic E-state index is 4.68. The Morgan fingerprint density at radius 1 is 1.07 bits per heavy atom. The summed E-state index contributed by atoms with van der Waals surface area (Å²) in [5.41, 5.74) is 1.19. The molecule has 1 aromatic heterocycles. The van der Waals surface area contributed by atoms with Crippen LogP contribution >= 0.6 is 24.0 Å². The highest BCUT2D eigenvalue weighted by atomic mass is 127. The highest BCUT2D eigenvalue weighted by Crippen LogP contribution is 2.23. The Kier molecular flexibility index (Phi) is 9.12. The van der Waals surface area contributed by atoms with Gasteiger partial charge in [-0.3, -0.25) is 4.99 Å². The fourth-order valence-corrected chi connectivity index (χ4v) is 3.92. The molecule has 0 unspecified atom stereocenters. The first-order valence-electron chi connectivity index (χ1n) is 10.3. The summed E-state index contributed by atoms with van der Waals surface area (Å²) in [7, 11) is 1.85. The van der Waals surface area contributed by atoms with Crippen LogP contribution in [0.1, 0.15) is 57.9 Å². The van der Waals surface area contributed by atoms with Gasteiger partial charge in [-0.1, -0.05) is 19.9 Å². The van der Waals surface area contributed by atoms with Gasteiger partial charge in [-0.05, 0) is 62.0 Å². The van der Waals surface area contributed by atoms with E-state index in [0.29, 0.717) is 6.04 Å². The Morgan fingerprint density at radius 3 is 2.33 bits per heavy atom. The number of halogens is 1. The molecular weight excluding hydrogens is 449 g/mol. The van der Waals surface area contributed by atoms with Crippen molar-refractivity contribution in [3.63, 3.8) is 0 Å². The van der Waals surface area contributed by atoms with Crippen molar-refractivity contribution in [2.45, 2.75) is 65.0 Å². The first kappa shape index (κ1) is 22.2. The average Bonchev–Trinajstić information content (AvgIpc) is 2.68. The molecule has 1 saturated carbocycles. The van der Waals surface area contributed by atoms with Crippen LogP contribution in [0.25, 0.3) is 0 Å². The first-order chi connectivity index (χ1) is 12.6. The van der Waals surface area contributed by atoms with Gasteiger partial charge in [0.2, 0.25) is 0 Å². The monoisotopic (exact) mass is 485 g/mol. The topological polar surface area (TPSA) is 52.6 Å². The fourth-order valence-electron chi connectivity index (χ4n) is 3.92. The standard InChI is InChI=1S/C21H35N5.HI/c1-16-4-7-19(8-5-16)25-21(22-3)24-15-18-6-9-20(23-14-18)26-12-10-17(2)11-13-26;/h6,9,14,16-17,19H,4-5,7-8,10-13,15H2,1-3H3,(H2,22,24,25);1H. The molecule has 0 amide bonds. The Labute approximate surface area is 181 Å². The number of hydrogen-bond donors (Lipinski definition) is 2. The maximum atomic E-state index is 4.68. The SMILES string of the molecule is CN=C(NCc1ccc(N2CCC(C)CC2)nc1)NC1CCC(C)CC1.I. The molecule has 0 radical (unpaired) electrons. The van der Waals surface area contributed by atoms with Gasteiger partial charge in [0.25, 0.3) is 0 Å². The van der Waals surface area contributed by atoms with E-state index in [1.807, 2.05) is 13.2 Å². The molecule has 1 aliphatic heterocycles. The van der Waals surface area contributed by atoms with Crippen LogP contribution < -0.4 is 15.5 Å². The number of aliphatic imine (C=N–C) groups is 1. The van der Waals surface area contributed by atoms with Crippen molar-refractivity contribution < 1.29 is 0 Å². The van der Waals surface area contributed by atoms with Gasteiger partial charge in [-0.15, -0.1) is 24.0 Å². The van der Waals surface area contributed by atoms with Gasteiger partial charge in [-0.2, -0.15) is 0 Å². The Hall–Kier alpha value is -1.05. The van der Waals surface area contributed by atoms with E-state index < -0.39 is 0 Å². The van der Waals surface area contributed by atoms with Crippen molar-refractivity contribution in [1.82, 2.24) is 15.6 Å². The van der Waals surface area contributed by atoms with Crippen LogP contribution in [0.3, 0.4) is 0 Å². The molecule has 0 aromatic carbocycles. The molecule has 0 spiro atoms. The third-order valence-corrected chi connectivity index (χ3v) is 5.96. The number of nitrogens with one attached hydrogen (secondary N) is 2. The van der Waals surface area contributed by atoms with Crippen molar-refractivity contribution in [3.05, 3.63) is 23.9 Å². The second-order valence-corrected chi connectivity index (χ2v) is 8.22. The number of anilines is 1. The van der Waals surface area contributed by atoms with E-state index in [1.54, 1.807) is 0 Å². The summed E-state index contributed by atoms with van der Waals surface area (Å²) in [5.74, 6) is 3.73. The third-order valence-electron chi connectivity index (χ3n) is 5.96. The summed E-state index contributed by atoms with van der Waals surface area (Å²) in [5, 5.41) is 7.01. The van der Waals surface area contributed by atoms with Gasteiger partial charge >= 0.3 is 0 Å². The highest BCUT2D eigenvalue weighted by molar-refractivity contribution is 14.0. The van der Waals surface area contributed by atoms with E-state index in [2.05, 4.69) is 51.5 Å². The Balaban J connectivity index is 0.00000261. The summed E-state index contributed by atoms with van der Waals surface area (Å²) < 4.78 is 0. The van der Waals surface area contributed by atoms with Gasteiger partial charge in [0.05, 0.1) is 0 Å². The normalized spacial score (nSPS) is 24.3. The summed E-state index contributed by atoms with van der Waals surface area (Å²) in [4.78, 5) is 11.5. The molecule has 152 valence electrons. The van der Waals surface area contributed by atoms with Gasteiger partial charge < -0.3 is 15.5 Å². The summed E-state index contributed by atoms with van der Waals surface area (Å²) in [6, 6.07) is 4.90. The number of pyridine rings is 1. The van der Waals surface area contributed by atoms with E-state index in [0.717, 1.165) is 43.2 Å². The molecule has 1 saturated heterocycles. The number of piperidine rings is 1. The highest BCUT2D eigenvalue weighted by Gasteiger charge is 2.19. The minimum atomic E-state index is 0. The fraction of sp³-hybridized carbons (Fsp3) is 0.714. The smallest absolute Gasteiger partial charge is 0.191 e. The zero-order valence-electron chi connectivity index (χ0n) is 17.1. The predicted molar refractivity (Wildman–Crippen MR) is 125 cm³/mol. The van der Waals surface area contributed by atoms with Crippen LogP contribution in [0.2, 0.25) is 0 Å². The maximum Gasteiger partial charge on any atom is 0.191 e. The van der Waals surface area contributed by atoms with Gasteiger partial charge in [0, 0.05) is 38.9 Å². The lowest BCUT2D eigenvalue weighted by molar-refractivity contribution is 0.329. The summed E-state index contributed by atoms with van der Waals surface area (Å²) in [6.45, 7) is 7.70. The minimum Gasteiger partial charge on any atom is -0.357 e. The van der Waals surface area contributed by atoms with Crippen molar-refractivity contribution in [2.75, 3.05) is 25.0 Å². The average molecular weight is 485 g/mol. The minimum absolute atomic E-state index is 0. The van der Waals surface area contributed by atoms with Crippen LogP contribution in [0, 0.1) is 11.8 Å². The van der Waals surface area contributed by atoms with E-state index in [1.165, 1.54) is 44.1 Å². The molecule has 3 rings (SSSR count). The molecule has 2 N–H and O–H groups in total. The molecule has 0 bridgehead atoms. The quantitative estimate of drug-likeness (QED) is 0.382. The van der Waals surface area contributed by atoms with Gasteiger partial charge in [0.15, 0.2) is 5.96 Å². The second kappa shape index (κ2) is 11.1. The molecule has 2 aliphatic rings.